The number of unbranched alkanes of at least 4 members (excludes halogenated alkanes) is 10. The Kier molecular flexibility index (Phi) is 16.4. The van der Waals surface area contributed by atoms with Crippen LogP contribution in [0, 0.1) is 5.92 Å². The van der Waals surface area contributed by atoms with E-state index in [2.05, 4.69) is 19.1 Å². The molecule has 0 bridgehead atoms. The van der Waals surface area contributed by atoms with Gasteiger partial charge in [-0.2, -0.15) is 0 Å². The molecule has 24 heavy (non-hydrogen) atoms. The second kappa shape index (κ2) is 17.0. The van der Waals surface area contributed by atoms with E-state index in [9.17, 15) is 9.90 Å². The molecule has 3 nitrogen and oxygen atoms in total. The highest BCUT2D eigenvalue weighted by Crippen LogP contribution is 2.17. The normalized spacial score (nSPS) is 14.1. The molecule has 142 valence electrons. The number of carboxylic acid groups (broad SMARTS) is 1. The van der Waals surface area contributed by atoms with Crippen molar-refractivity contribution >= 4 is 5.97 Å². The maximum absolute atomic E-state index is 11.2. The second-order valence-electron chi connectivity index (χ2n) is 6.90. The first-order chi connectivity index (χ1) is 11.6. The molecule has 0 aliphatic carbocycles. The van der Waals surface area contributed by atoms with Crippen molar-refractivity contribution in [2.45, 2.75) is 103 Å². The molecular formula is C21H40O3. The molecule has 0 aromatic heterocycles. The summed E-state index contributed by atoms with van der Waals surface area (Å²) in [6, 6.07) is 0. The average Bonchev–Trinajstić information content (AvgIpc) is 2.57. The van der Waals surface area contributed by atoms with Gasteiger partial charge in [-0.1, -0.05) is 70.4 Å². The van der Waals surface area contributed by atoms with Crippen LogP contribution in [0.5, 0.6) is 0 Å². The van der Waals surface area contributed by atoms with Gasteiger partial charge in [0.15, 0.2) is 0 Å². The molecule has 0 fully saturated rings. The number of hydrogen-bond donors (Lipinski definition) is 1. The summed E-state index contributed by atoms with van der Waals surface area (Å²) in [5, 5.41) is 9.19. The van der Waals surface area contributed by atoms with E-state index < -0.39 is 5.97 Å². The Morgan fingerprint density at radius 1 is 0.917 bits per heavy atom. The van der Waals surface area contributed by atoms with Crippen LogP contribution in [0.2, 0.25) is 0 Å². The molecule has 0 aliphatic heterocycles. The zero-order valence-corrected chi connectivity index (χ0v) is 16.3. The van der Waals surface area contributed by atoms with Crippen molar-refractivity contribution in [1.29, 1.82) is 0 Å². The van der Waals surface area contributed by atoms with Crippen molar-refractivity contribution < 1.29 is 14.6 Å². The number of carboxylic acids is 1. The molecule has 0 radical (unpaired) electrons. The highest BCUT2D eigenvalue weighted by Gasteiger charge is 2.23. The molecule has 1 N–H and O–H groups in total. The van der Waals surface area contributed by atoms with Gasteiger partial charge < -0.3 is 9.84 Å². The van der Waals surface area contributed by atoms with E-state index in [4.69, 9.17) is 4.74 Å². The van der Waals surface area contributed by atoms with E-state index in [1.807, 2.05) is 6.92 Å². The first-order valence-electron chi connectivity index (χ1n) is 10.0. The Hall–Kier alpha value is -0.830. The fraction of sp³-hybridized carbons (Fsp3) is 0.857. The molecule has 0 saturated carbocycles. The van der Waals surface area contributed by atoms with Crippen LogP contribution in [0.3, 0.4) is 0 Å². The molecular weight excluding hydrogens is 300 g/mol. The number of aliphatic carboxylic acids is 1. The summed E-state index contributed by atoms with van der Waals surface area (Å²) in [6.07, 6.45) is 20.2. The third kappa shape index (κ3) is 13.6. The third-order valence-corrected chi connectivity index (χ3v) is 4.78. The van der Waals surface area contributed by atoms with Crippen LogP contribution >= 0.6 is 0 Å². The highest BCUT2D eigenvalue weighted by atomic mass is 16.5. The van der Waals surface area contributed by atoms with Crippen molar-refractivity contribution in [2.75, 3.05) is 7.11 Å². The maximum Gasteiger partial charge on any atom is 0.309 e. The van der Waals surface area contributed by atoms with Crippen molar-refractivity contribution in [2.24, 2.45) is 5.92 Å². The SMILES string of the molecule is CCCCCCCCC=CCCCCCCC(C(=O)O)C(C)OC. The van der Waals surface area contributed by atoms with Crippen LogP contribution in [-0.2, 0) is 9.53 Å². The van der Waals surface area contributed by atoms with Crippen LogP contribution in [-0.4, -0.2) is 24.3 Å². The lowest BCUT2D eigenvalue weighted by molar-refractivity contribution is -0.146. The van der Waals surface area contributed by atoms with Crippen molar-refractivity contribution in [1.82, 2.24) is 0 Å². The van der Waals surface area contributed by atoms with E-state index in [0.29, 0.717) is 0 Å². The number of allylic oxidation sites excluding steroid dienone is 2. The summed E-state index contributed by atoms with van der Waals surface area (Å²) < 4.78 is 5.15. The second-order valence-corrected chi connectivity index (χ2v) is 6.90. The molecule has 3 heteroatoms. The molecule has 2 unspecified atom stereocenters. The predicted molar refractivity (Wildman–Crippen MR) is 102 cm³/mol. The van der Waals surface area contributed by atoms with E-state index in [1.165, 1.54) is 57.8 Å². The van der Waals surface area contributed by atoms with Crippen LogP contribution in [0.25, 0.3) is 0 Å². The van der Waals surface area contributed by atoms with E-state index >= 15 is 0 Å². The Labute approximate surface area is 149 Å². The number of ether oxygens (including phenoxy) is 1. The van der Waals surface area contributed by atoms with Gasteiger partial charge in [0, 0.05) is 7.11 Å². The third-order valence-electron chi connectivity index (χ3n) is 4.78. The largest absolute Gasteiger partial charge is 0.481 e. The Morgan fingerprint density at radius 2 is 1.42 bits per heavy atom. The highest BCUT2D eigenvalue weighted by molar-refractivity contribution is 5.70. The van der Waals surface area contributed by atoms with Gasteiger partial charge in [0.2, 0.25) is 0 Å². The van der Waals surface area contributed by atoms with Gasteiger partial charge in [0.05, 0.1) is 12.0 Å². The molecule has 0 aliphatic rings. The molecule has 0 heterocycles. The Bertz CT molecular complexity index is 312. The zero-order valence-electron chi connectivity index (χ0n) is 16.3. The first-order valence-corrected chi connectivity index (χ1v) is 10.0. The Balaban J connectivity index is 3.43. The van der Waals surface area contributed by atoms with E-state index in [1.54, 1.807) is 7.11 Å². The van der Waals surface area contributed by atoms with Gasteiger partial charge in [-0.25, -0.2) is 0 Å². The van der Waals surface area contributed by atoms with Crippen LogP contribution in [0.15, 0.2) is 12.2 Å². The lowest BCUT2D eigenvalue weighted by Crippen LogP contribution is -2.27. The summed E-state index contributed by atoms with van der Waals surface area (Å²) >= 11 is 0. The molecule has 0 aromatic rings. The lowest BCUT2D eigenvalue weighted by Gasteiger charge is -2.18. The number of methoxy groups -OCH3 is 1. The minimum atomic E-state index is -0.734. The maximum atomic E-state index is 11.2. The number of hydrogen-bond acceptors (Lipinski definition) is 2. The summed E-state index contributed by atoms with van der Waals surface area (Å²) in [4.78, 5) is 11.2. The van der Waals surface area contributed by atoms with E-state index in [-0.39, 0.29) is 12.0 Å². The molecule has 0 saturated heterocycles. The van der Waals surface area contributed by atoms with Crippen molar-refractivity contribution in [3.8, 4) is 0 Å². The standard InChI is InChI=1S/C21H40O3/c1-4-5-6-7-8-9-10-11-12-13-14-15-16-17-18-20(21(22)23)19(2)24-3/h11-12,19-20H,4-10,13-18H2,1-3H3,(H,22,23). The monoisotopic (exact) mass is 340 g/mol. The minimum Gasteiger partial charge on any atom is -0.481 e. The van der Waals surface area contributed by atoms with Crippen LogP contribution < -0.4 is 0 Å². The van der Waals surface area contributed by atoms with Crippen molar-refractivity contribution in [3.63, 3.8) is 0 Å². The summed E-state index contributed by atoms with van der Waals surface area (Å²) in [7, 11) is 1.58. The minimum absolute atomic E-state index is 0.201. The molecule has 0 rings (SSSR count). The molecule has 0 amide bonds. The predicted octanol–water partition coefficient (Wildman–Crippen LogP) is 6.37. The molecule has 2 atom stereocenters. The quantitative estimate of drug-likeness (QED) is 0.247. The zero-order chi connectivity index (χ0) is 18.0. The number of carbonyl (C=O) groups is 1. The van der Waals surface area contributed by atoms with Gasteiger partial charge >= 0.3 is 5.97 Å². The molecule has 0 aromatic carbocycles. The lowest BCUT2D eigenvalue weighted by atomic mass is 9.96. The summed E-state index contributed by atoms with van der Waals surface area (Å²) in [5.41, 5.74) is 0. The van der Waals surface area contributed by atoms with Crippen LogP contribution in [0.4, 0.5) is 0 Å². The first kappa shape index (κ1) is 23.2. The van der Waals surface area contributed by atoms with Gasteiger partial charge in [-0.05, 0) is 39.0 Å². The Morgan fingerprint density at radius 3 is 1.92 bits per heavy atom. The topological polar surface area (TPSA) is 46.5 Å². The van der Waals surface area contributed by atoms with Crippen LogP contribution in [0.1, 0.15) is 97.3 Å². The van der Waals surface area contributed by atoms with Gasteiger partial charge in [-0.15, -0.1) is 0 Å². The fourth-order valence-corrected chi connectivity index (χ4v) is 2.98. The van der Waals surface area contributed by atoms with Crippen molar-refractivity contribution in [3.05, 3.63) is 12.2 Å². The van der Waals surface area contributed by atoms with E-state index in [0.717, 1.165) is 25.7 Å². The number of rotatable bonds is 17. The summed E-state index contributed by atoms with van der Waals surface area (Å²) in [6.45, 7) is 4.10. The average molecular weight is 341 g/mol. The van der Waals surface area contributed by atoms with Gasteiger partial charge in [-0.3, -0.25) is 4.79 Å². The smallest absolute Gasteiger partial charge is 0.309 e. The van der Waals surface area contributed by atoms with Gasteiger partial charge in [0.1, 0.15) is 0 Å². The molecule has 0 spiro atoms. The van der Waals surface area contributed by atoms with Gasteiger partial charge in [0.25, 0.3) is 0 Å². The fourth-order valence-electron chi connectivity index (χ4n) is 2.98. The summed E-state index contributed by atoms with van der Waals surface area (Å²) in [5.74, 6) is -1.10.